The van der Waals surface area contributed by atoms with Gasteiger partial charge in [-0.25, -0.2) is 4.98 Å². The molecule has 0 atom stereocenters. The second-order valence-corrected chi connectivity index (χ2v) is 9.01. The van der Waals surface area contributed by atoms with Gasteiger partial charge >= 0.3 is 0 Å². The lowest BCUT2D eigenvalue weighted by Crippen LogP contribution is -2.15. The Bertz CT molecular complexity index is 1080. The third kappa shape index (κ3) is 6.07. The van der Waals surface area contributed by atoms with E-state index in [0.29, 0.717) is 12.8 Å². The van der Waals surface area contributed by atoms with Gasteiger partial charge in [-0.1, -0.05) is 55.0 Å². The maximum absolute atomic E-state index is 12.2. The Hall–Kier alpha value is -2.92. The van der Waals surface area contributed by atoms with Crippen LogP contribution in [0.2, 0.25) is 0 Å². The summed E-state index contributed by atoms with van der Waals surface area (Å²) in [5, 5.41) is 0.740. The van der Waals surface area contributed by atoms with Crippen molar-refractivity contribution >= 4 is 23.6 Å². The Labute approximate surface area is 194 Å². The molecule has 0 fully saturated rings. The van der Waals surface area contributed by atoms with Gasteiger partial charge in [0.05, 0.1) is 5.69 Å². The van der Waals surface area contributed by atoms with E-state index in [1.807, 2.05) is 42.5 Å². The number of carbonyl (C=O) groups excluding carboxylic acids is 2. The average molecular weight is 445 g/mol. The fourth-order valence-corrected chi connectivity index (χ4v) is 4.63. The number of unbranched alkanes of at least 4 members (excludes halogenated alkanes) is 2. The monoisotopic (exact) mass is 444 g/mol. The van der Waals surface area contributed by atoms with Crippen LogP contribution in [0.4, 0.5) is 0 Å². The molecular formula is C27H28N2O2S. The molecule has 32 heavy (non-hydrogen) atoms. The molecule has 4 rings (SSSR count). The van der Waals surface area contributed by atoms with Crippen LogP contribution in [0.25, 0.3) is 11.3 Å². The van der Waals surface area contributed by atoms with Crippen LogP contribution in [0.15, 0.2) is 71.8 Å². The van der Waals surface area contributed by atoms with E-state index in [1.54, 1.807) is 0 Å². The number of amides is 1. The standard InChI is InChI=1S/C27H28N2O2S/c30-25-14-7-12-21-17-18-22(19-23(21)25)24-13-8-16-27(28-24)32-29-26(31)15-6-2-5-11-20-9-3-1-4-10-20/h1,3-4,8-10,13,16-19H,2,5-7,11-12,14-15H2,(H,29,31). The summed E-state index contributed by atoms with van der Waals surface area (Å²) in [6, 6.07) is 22.2. The first kappa shape index (κ1) is 22.3. The number of hydrogen-bond donors (Lipinski definition) is 1. The Morgan fingerprint density at radius 2 is 1.81 bits per heavy atom. The molecule has 0 spiro atoms. The number of aromatic nitrogens is 1. The molecule has 0 saturated carbocycles. The summed E-state index contributed by atoms with van der Waals surface area (Å²) in [6.45, 7) is 0. The van der Waals surface area contributed by atoms with E-state index in [0.717, 1.165) is 65.9 Å². The number of pyridine rings is 1. The fraction of sp³-hybridized carbons (Fsp3) is 0.296. The molecule has 1 amide bonds. The number of nitrogens with one attached hydrogen (secondary N) is 1. The van der Waals surface area contributed by atoms with Crippen LogP contribution in [-0.4, -0.2) is 16.7 Å². The van der Waals surface area contributed by atoms with Crippen LogP contribution in [0.1, 0.15) is 60.0 Å². The fourth-order valence-electron chi connectivity index (χ4n) is 4.02. The Morgan fingerprint density at radius 3 is 2.69 bits per heavy atom. The Kier molecular flexibility index (Phi) is 7.73. The van der Waals surface area contributed by atoms with Gasteiger partial charge in [-0.15, -0.1) is 0 Å². The number of rotatable bonds is 9. The third-order valence-electron chi connectivity index (χ3n) is 5.76. The lowest BCUT2D eigenvalue weighted by atomic mass is 9.89. The highest BCUT2D eigenvalue weighted by Crippen LogP contribution is 2.27. The van der Waals surface area contributed by atoms with E-state index in [4.69, 9.17) is 0 Å². The summed E-state index contributed by atoms with van der Waals surface area (Å²) >= 11 is 1.25. The van der Waals surface area contributed by atoms with Crippen molar-refractivity contribution in [3.05, 3.63) is 83.4 Å². The number of hydrogen-bond acceptors (Lipinski definition) is 4. The van der Waals surface area contributed by atoms with Crippen molar-refractivity contribution in [2.75, 3.05) is 0 Å². The van der Waals surface area contributed by atoms with Crippen molar-refractivity contribution < 1.29 is 9.59 Å². The van der Waals surface area contributed by atoms with Gasteiger partial charge < -0.3 is 0 Å². The quantitative estimate of drug-likeness (QED) is 0.316. The molecule has 164 valence electrons. The lowest BCUT2D eigenvalue weighted by molar-refractivity contribution is -0.119. The third-order valence-corrected chi connectivity index (χ3v) is 6.53. The molecule has 1 aromatic heterocycles. The molecule has 0 bridgehead atoms. The smallest absolute Gasteiger partial charge is 0.230 e. The summed E-state index contributed by atoms with van der Waals surface area (Å²) < 4.78 is 2.90. The minimum atomic E-state index is 0.0290. The first-order chi connectivity index (χ1) is 15.7. The minimum absolute atomic E-state index is 0.0290. The Balaban J connectivity index is 1.25. The van der Waals surface area contributed by atoms with Gasteiger partial charge in [0.1, 0.15) is 5.03 Å². The van der Waals surface area contributed by atoms with Gasteiger partial charge in [0.25, 0.3) is 0 Å². The molecule has 2 aromatic carbocycles. The molecule has 1 aliphatic carbocycles. The Morgan fingerprint density at radius 1 is 0.938 bits per heavy atom. The first-order valence-electron chi connectivity index (χ1n) is 11.3. The second kappa shape index (κ2) is 11.1. The number of nitrogens with zero attached hydrogens (tertiary/aromatic N) is 1. The second-order valence-electron chi connectivity index (χ2n) is 8.18. The van der Waals surface area contributed by atoms with Crippen LogP contribution in [0, 0.1) is 0 Å². The zero-order valence-corrected chi connectivity index (χ0v) is 19.0. The lowest BCUT2D eigenvalue weighted by Gasteiger charge is -2.15. The van der Waals surface area contributed by atoms with E-state index in [1.165, 1.54) is 17.5 Å². The maximum Gasteiger partial charge on any atom is 0.230 e. The molecule has 4 nitrogen and oxygen atoms in total. The van der Waals surface area contributed by atoms with Gasteiger partial charge in [0, 0.05) is 35.9 Å². The molecule has 1 heterocycles. The zero-order valence-electron chi connectivity index (χ0n) is 18.2. The predicted octanol–water partition coefficient (Wildman–Crippen LogP) is 6.19. The highest BCUT2D eigenvalue weighted by Gasteiger charge is 2.18. The number of ketones is 1. The summed E-state index contributed by atoms with van der Waals surface area (Å²) in [4.78, 5) is 29.1. The zero-order chi connectivity index (χ0) is 22.2. The summed E-state index contributed by atoms with van der Waals surface area (Å²) in [6.07, 6.45) is 7.12. The van der Waals surface area contributed by atoms with Gasteiger partial charge in [-0.05, 0) is 61.4 Å². The molecule has 1 aliphatic rings. The molecule has 3 aromatic rings. The number of benzene rings is 2. The minimum Gasteiger partial charge on any atom is -0.295 e. The van der Waals surface area contributed by atoms with Crippen molar-refractivity contribution in [2.24, 2.45) is 0 Å². The van der Waals surface area contributed by atoms with Crippen molar-refractivity contribution in [3.8, 4) is 11.3 Å². The SMILES string of the molecule is O=C(CCCCCc1ccccc1)NSc1cccc(-c2ccc3c(c2)C(=O)CCC3)n1. The summed E-state index contributed by atoms with van der Waals surface area (Å²) in [5.41, 5.74) is 5.06. The van der Waals surface area contributed by atoms with E-state index in [2.05, 4.69) is 34.0 Å². The van der Waals surface area contributed by atoms with Crippen molar-refractivity contribution in [3.63, 3.8) is 0 Å². The van der Waals surface area contributed by atoms with Gasteiger partial charge in [0.15, 0.2) is 5.78 Å². The van der Waals surface area contributed by atoms with Gasteiger partial charge in [-0.3, -0.25) is 14.3 Å². The molecule has 0 saturated heterocycles. The average Bonchev–Trinajstić information content (AvgIpc) is 2.83. The normalized spacial score (nSPS) is 12.9. The van der Waals surface area contributed by atoms with Crippen molar-refractivity contribution in [2.45, 2.75) is 56.4 Å². The van der Waals surface area contributed by atoms with Crippen LogP contribution in [-0.2, 0) is 17.6 Å². The van der Waals surface area contributed by atoms with Crippen LogP contribution >= 0.6 is 11.9 Å². The van der Waals surface area contributed by atoms with Crippen molar-refractivity contribution in [1.82, 2.24) is 9.71 Å². The van der Waals surface area contributed by atoms with E-state index in [9.17, 15) is 9.59 Å². The highest BCUT2D eigenvalue weighted by molar-refractivity contribution is 7.97. The van der Waals surface area contributed by atoms with E-state index >= 15 is 0 Å². The van der Waals surface area contributed by atoms with Crippen LogP contribution in [0.3, 0.4) is 0 Å². The van der Waals surface area contributed by atoms with Crippen molar-refractivity contribution in [1.29, 1.82) is 0 Å². The number of fused-ring (bicyclic) bond motifs is 1. The summed E-state index contributed by atoms with van der Waals surface area (Å²) in [5.74, 6) is 0.246. The maximum atomic E-state index is 12.2. The van der Waals surface area contributed by atoms with Crippen LogP contribution in [0.5, 0.6) is 0 Å². The van der Waals surface area contributed by atoms with Gasteiger partial charge in [-0.2, -0.15) is 0 Å². The summed E-state index contributed by atoms with van der Waals surface area (Å²) in [7, 11) is 0. The van der Waals surface area contributed by atoms with E-state index in [-0.39, 0.29) is 11.7 Å². The molecule has 0 aliphatic heterocycles. The first-order valence-corrected chi connectivity index (χ1v) is 12.1. The topological polar surface area (TPSA) is 59.1 Å². The number of Topliss-reactive ketones (excluding diaryl/α,β-unsaturated/α-hetero) is 1. The predicted molar refractivity (Wildman–Crippen MR) is 130 cm³/mol. The van der Waals surface area contributed by atoms with E-state index < -0.39 is 0 Å². The number of aryl methyl sites for hydroxylation is 2. The molecule has 1 N–H and O–H groups in total. The molecule has 0 unspecified atom stereocenters. The number of carbonyl (C=O) groups is 2. The van der Waals surface area contributed by atoms with Crippen LogP contribution < -0.4 is 4.72 Å². The highest BCUT2D eigenvalue weighted by atomic mass is 32.2. The largest absolute Gasteiger partial charge is 0.295 e. The molecule has 5 heteroatoms. The molecular weight excluding hydrogens is 416 g/mol. The van der Waals surface area contributed by atoms with Gasteiger partial charge in [0.2, 0.25) is 5.91 Å². The molecule has 0 radical (unpaired) electrons.